The van der Waals surface area contributed by atoms with Gasteiger partial charge in [0.1, 0.15) is 23.0 Å². The molecule has 116 valence electrons. The number of ether oxygens (including phenoxy) is 1. The SMILES string of the molecule is COCC1(CNC(=O)c2c(F)cc(F)cc2F)CCCN1. The summed E-state index contributed by atoms with van der Waals surface area (Å²) in [7, 11) is 1.54. The van der Waals surface area contributed by atoms with Crippen LogP contribution in [0.5, 0.6) is 0 Å². The van der Waals surface area contributed by atoms with Crippen LogP contribution >= 0.6 is 0 Å². The van der Waals surface area contributed by atoms with Gasteiger partial charge in [-0.3, -0.25) is 4.79 Å². The number of carbonyl (C=O) groups excluding carboxylic acids is 1. The van der Waals surface area contributed by atoms with Crippen molar-refractivity contribution < 1.29 is 22.7 Å². The van der Waals surface area contributed by atoms with Gasteiger partial charge >= 0.3 is 0 Å². The van der Waals surface area contributed by atoms with Crippen molar-refractivity contribution >= 4 is 5.91 Å². The zero-order chi connectivity index (χ0) is 15.5. The van der Waals surface area contributed by atoms with E-state index in [1.54, 1.807) is 7.11 Å². The molecule has 4 nitrogen and oxygen atoms in total. The fourth-order valence-electron chi connectivity index (χ4n) is 2.57. The molecule has 2 N–H and O–H groups in total. The summed E-state index contributed by atoms with van der Waals surface area (Å²) in [5.41, 5.74) is -1.21. The summed E-state index contributed by atoms with van der Waals surface area (Å²) in [6.45, 7) is 1.34. The van der Waals surface area contributed by atoms with Gasteiger partial charge in [0.25, 0.3) is 5.91 Å². The van der Waals surface area contributed by atoms with Crippen LogP contribution in [0.15, 0.2) is 12.1 Å². The van der Waals surface area contributed by atoms with Crippen LogP contribution in [0, 0.1) is 17.5 Å². The van der Waals surface area contributed by atoms with Gasteiger partial charge in [-0.25, -0.2) is 13.2 Å². The number of methoxy groups -OCH3 is 1. The van der Waals surface area contributed by atoms with Crippen LogP contribution in [0.4, 0.5) is 13.2 Å². The van der Waals surface area contributed by atoms with Crippen molar-refractivity contribution in [2.24, 2.45) is 0 Å². The highest BCUT2D eigenvalue weighted by atomic mass is 19.1. The summed E-state index contributed by atoms with van der Waals surface area (Å²) >= 11 is 0. The molecule has 1 amide bonds. The minimum Gasteiger partial charge on any atom is -0.383 e. The van der Waals surface area contributed by atoms with E-state index in [4.69, 9.17) is 4.74 Å². The van der Waals surface area contributed by atoms with Crippen molar-refractivity contribution in [1.82, 2.24) is 10.6 Å². The first-order chi connectivity index (χ1) is 9.97. The van der Waals surface area contributed by atoms with Gasteiger partial charge in [-0.15, -0.1) is 0 Å². The van der Waals surface area contributed by atoms with Crippen LogP contribution in [0.3, 0.4) is 0 Å². The number of rotatable bonds is 5. The number of halogens is 3. The van der Waals surface area contributed by atoms with Gasteiger partial charge in [-0.05, 0) is 19.4 Å². The fraction of sp³-hybridized carbons (Fsp3) is 0.500. The van der Waals surface area contributed by atoms with Crippen LogP contribution < -0.4 is 10.6 Å². The van der Waals surface area contributed by atoms with E-state index in [9.17, 15) is 18.0 Å². The number of carbonyl (C=O) groups is 1. The average Bonchev–Trinajstić information content (AvgIpc) is 2.85. The van der Waals surface area contributed by atoms with E-state index >= 15 is 0 Å². The lowest BCUT2D eigenvalue weighted by Crippen LogP contribution is -2.53. The number of hydrogen-bond acceptors (Lipinski definition) is 3. The highest BCUT2D eigenvalue weighted by molar-refractivity contribution is 5.94. The maximum Gasteiger partial charge on any atom is 0.257 e. The molecule has 2 rings (SSSR count). The monoisotopic (exact) mass is 302 g/mol. The molecule has 1 unspecified atom stereocenters. The van der Waals surface area contributed by atoms with E-state index in [0.29, 0.717) is 18.7 Å². The van der Waals surface area contributed by atoms with Gasteiger partial charge in [0.2, 0.25) is 0 Å². The fourth-order valence-corrected chi connectivity index (χ4v) is 2.57. The van der Waals surface area contributed by atoms with Gasteiger partial charge in [-0.1, -0.05) is 0 Å². The smallest absolute Gasteiger partial charge is 0.257 e. The molecule has 0 spiro atoms. The Hall–Kier alpha value is -1.60. The Morgan fingerprint density at radius 3 is 2.57 bits per heavy atom. The van der Waals surface area contributed by atoms with Crippen molar-refractivity contribution in [2.75, 3.05) is 26.8 Å². The lowest BCUT2D eigenvalue weighted by molar-refractivity contribution is 0.0884. The zero-order valence-electron chi connectivity index (χ0n) is 11.6. The molecule has 1 fully saturated rings. The molecule has 0 aliphatic carbocycles. The molecule has 1 aromatic rings. The second-order valence-electron chi connectivity index (χ2n) is 5.17. The number of nitrogens with one attached hydrogen (secondary N) is 2. The zero-order valence-corrected chi connectivity index (χ0v) is 11.6. The summed E-state index contributed by atoms with van der Waals surface area (Å²) in [4.78, 5) is 11.9. The van der Waals surface area contributed by atoms with Crippen molar-refractivity contribution in [3.8, 4) is 0 Å². The number of benzene rings is 1. The molecule has 0 radical (unpaired) electrons. The highest BCUT2D eigenvalue weighted by Crippen LogP contribution is 2.20. The molecule has 1 saturated heterocycles. The third kappa shape index (κ3) is 3.54. The average molecular weight is 302 g/mol. The molecule has 1 aromatic carbocycles. The lowest BCUT2D eigenvalue weighted by Gasteiger charge is -2.29. The van der Waals surface area contributed by atoms with Crippen LogP contribution in [0.25, 0.3) is 0 Å². The van der Waals surface area contributed by atoms with E-state index in [0.717, 1.165) is 19.4 Å². The van der Waals surface area contributed by atoms with E-state index in [2.05, 4.69) is 10.6 Å². The Morgan fingerprint density at radius 2 is 2.05 bits per heavy atom. The molecule has 7 heteroatoms. The third-order valence-electron chi connectivity index (χ3n) is 3.57. The number of amides is 1. The first-order valence-corrected chi connectivity index (χ1v) is 6.64. The summed E-state index contributed by atoms with van der Waals surface area (Å²) in [6.07, 6.45) is 1.72. The first-order valence-electron chi connectivity index (χ1n) is 6.64. The second-order valence-corrected chi connectivity index (χ2v) is 5.17. The highest BCUT2D eigenvalue weighted by Gasteiger charge is 2.34. The summed E-state index contributed by atoms with van der Waals surface area (Å²) in [5.74, 6) is -4.40. The van der Waals surface area contributed by atoms with Crippen LogP contribution in [-0.2, 0) is 4.74 Å². The Balaban J connectivity index is 2.08. The molecule has 21 heavy (non-hydrogen) atoms. The Kier molecular flexibility index (Phi) is 4.84. The molecule has 1 aliphatic heterocycles. The van der Waals surface area contributed by atoms with Gasteiger partial charge in [0, 0.05) is 25.8 Å². The van der Waals surface area contributed by atoms with E-state index < -0.39 is 34.5 Å². The van der Waals surface area contributed by atoms with Crippen LogP contribution in [-0.4, -0.2) is 38.3 Å². The molecule has 1 aliphatic rings. The molecule has 0 aromatic heterocycles. The van der Waals surface area contributed by atoms with Crippen molar-refractivity contribution in [3.63, 3.8) is 0 Å². The van der Waals surface area contributed by atoms with Gasteiger partial charge in [0.05, 0.1) is 12.1 Å². The summed E-state index contributed by atoms with van der Waals surface area (Å²) in [6, 6.07) is 0.966. The van der Waals surface area contributed by atoms with E-state index in [-0.39, 0.29) is 6.54 Å². The molecule has 1 heterocycles. The Morgan fingerprint density at radius 1 is 1.38 bits per heavy atom. The Bertz CT molecular complexity index is 508. The quantitative estimate of drug-likeness (QED) is 0.869. The normalized spacial score (nSPS) is 21.5. The van der Waals surface area contributed by atoms with Gasteiger partial charge < -0.3 is 15.4 Å². The molecular weight excluding hydrogens is 285 g/mol. The van der Waals surface area contributed by atoms with Crippen molar-refractivity contribution in [1.29, 1.82) is 0 Å². The molecule has 0 bridgehead atoms. The van der Waals surface area contributed by atoms with Gasteiger partial charge in [0.15, 0.2) is 0 Å². The largest absolute Gasteiger partial charge is 0.383 e. The second kappa shape index (κ2) is 6.44. The maximum atomic E-state index is 13.5. The minimum atomic E-state index is -1.22. The first kappa shape index (κ1) is 15.8. The lowest BCUT2D eigenvalue weighted by atomic mass is 9.98. The maximum absolute atomic E-state index is 13.5. The Labute approximate surface area is 120 Å². The predicted octanol–water partition coefficient (Wildman–Crippen LogP) is 1.60. The minimum absolute atomic E-state index is 0.177. The van der Waals surface area contributed by atoms with Crippen LogP contribution in [0.1, 0.15) is 23.2 Å². The molecular formula is C14H17F3N2O2. The van der Waals surface area contributed by atoms with E-state index in [1.165, 1.54) is 0 Å². The topological polar surface area (TPSA) is 50.4 Å². The standard InChI is InChI=1S/C14H17F3N2O2/c1-21-8-14(3-2-4-19-14)7-18-13(20)12-10(16)5-9(15)6-11(12)17/h5-6,19H,2-4,7-8H2,1H3,(H,18,20). The predicted molar refractivity (Wildman–Crippen MR) is 70.5 cm³/mol. The van der Waals surface area contributed by atoms with Crippen LogP contribution in [0.2, 0.25) is 0 Å². The van der Waals surface area contributed by atoms with Gasteiger partial charge in [-0.2, -0.15) is 0 Å². The van der Waals surface area contributed by atoms with E-state index in [1.807, 2.05) is 0 Å². The van der Waals surface area contributed by atoms with Crippen molar-refractivity contribution in [3.05, 3.63) is 35.1 Å². The summed E-state index contributed by atoms with van der Waals surface area (Å²) in [5, 5.41) is 5.71. The molecule has 1 atom stereocenters. The summed E-state index contributed by atoms with van der Waals surface area (Å²) < 4.78 is 45.0. The number of hydrogen-bond donors (Lipinski definition) is 2. The van der Waals surface area contributed by atoms with Crippen molar-refractivity contribution in [2.45, 2.75) is 18.4 Å². The molecule has 0 saturated carbocycles. The third-order valence-corrected chi connectivity index (χ3v) is 3.57.